The maximum absolute atomic E-state index is 13.1. The number of carbonyl (C=O) groups is 4. The maximum atomic E-state index is 13.1. The molecule has 0 heterocycles. The van der Waals surface area contributed by atoms with Crippen LogP contribution in [0.3, 0.4) is 0 Å². The van der Waals surface area contributed by atoms with Gasteiger partial charge in [-0.1, -0.05) is 362 Å². The number of hydrogen-bond acceptors (Lipinski definition) is 15. The third kappa shape index (κ3) is 72.2. The average Bonchev–Trinajstić information content (AvgIpc) is 1.00. The Kier molecular flexibility index (Phi) is 69.6. The molecule has 19 heteroatoms. The molecule has 0 fully saturated rings. The first kappa shape index (κ1) is 95.1. The summed E-state index contributed by atoms with van der Waals surface area (Å²) in [7, 11) is -9.91. The summed E-state index contributed by atoms with van der Waals surface area (Å²) in [5.41, 5.74) is 0. The smallest absolute Gasteiger partial charge is 0.462 e. The molecule has 0 aliphatic rings. The van der Waals surface area contributed by atoms with Crippen LogP contribution in [0.5, 0.6) is 0 Å². The van der Waals surface area contributed by atoms with E-state index in [0.29, 0.717) is 31.6 Å². The molecule has 0 aromatic carbocycles. The first-order valence-corrected chi connectivity index (χ1v) is 43.6. The lowest BCUT2D eigenvalue weighted by atomic mass is 10.0. The van der Waals surface area contributed by atoms with Gasteiger partial charge in [0.2, 0.25) is 0 Å². The standard InChI is InChI=1S/C78H152O17P2/c1-6-9-12-15-18-21-24-27-29-30-31-32-34-37-40-43-48-54-59-64-78(83)94-73(67-88-75(80)61-56-51-46-41-38-36-33-28-25-22-19-16-13-10-7-2)69-92-96(84,85)90-65-72(79)66-91-97(86,87)93-70-74(68-89-76(81)62-57-52-49-44-45-50-55-60-71(4)5)95-77(82)63-58-53-47-42-39-35-26-23-20-17-14-11-8-3/h71-74,79H,6-70H2,1-5H3,(H,84,85)(H,86,87)/t72-,73-,74-/m1/s1. The molecule has 0 radical (unpaired) electrons. The molecule has 97 heavy (non-hydrogen) atoms. The van der Waals surface area contributed by atoms with Crippen LogP contribution < -0.4 is 0 Å². The number of unbranched alkanes of at least 4 members (excludes halogenated alkanes) is 50. The molecular formula is C78H152O17P2. The fourth-order valence-corrected chi connectivity index (χ4v) is 13.6. The molecule has 576 valence electrons. The fourth-order valence-electron chi connectivity index (χ4n) is 12.1. The quantitative estimate of drug-likeness (QED) is 0.0222. The summed E-state index contributed by atoms with van der Waals surface area (Å²) in [5.74, 6) is -1.40. The van der Waals surface area contributed by atoms with Crippen molar-refractivity contribution in [1.29, 1.82) is 0 Å². The van der Waals surface area contributed by atoms with Gasteiger partial charge in [-0.3, -0.25) is 37.3 Å². The Morgan fingerprint density at radius 2 is 0.474 bits per heavy atom. The second-order valence-electron chi connectivity index (χ2n) is 28.6. The number of hydrogen-bond donors (Lipinski definition) is 3. The maximum Gasteiger partial charge on any atom is 0.472 e. The molecular weight excluding hydrogens is 1270 g/mol. The Balaban J connectivity index is 5.23. The zero-order valence-electron chi connectivity index (χ0n) is 63.2. The predicted molar refractivity (Wildman–Crippen MR) is 395 cm³/mol. The van der Waals surface area contributed by atoms with E-state index in [0.717, 1.165) is 96.3 Å². The van der Waals surface area contributed by atoms with Crippen LogP contribution in [0.4, 0.5) is 0 Å². The van der Waals surface area contributed by atoms with Crippen LogP contribution in [0.15, 0.2) is 0 Å². The van der Waals surface area contributed by atoms with E-state index in [9.17, 15) is 43.2 Å². The lowest BCUT2D eigenvalue weighted by molar-refractivity contribution is -0.161. The van der Waals surface area contributed by atoms with Gasteiger partial charge in [0.05, 0.1) is 26.4 Å². The van der Waals surface area contributed by atoms with Gasteiger partial charge in [-0.25, -0.2) is 9.13 Å². The van der Waals surface area contributed by atoms with E-state index in [1.165, 1.54) is 231 Å². The van der Waals surface area contributed by atoms with Gasteiger partial charge in [-0.15, -0.1) is 0 Å². The van der Waals surface area contributed by atoms with Crippen LogP contribution in [-0.2, 0) is 65.4 Å². The second kappa shape index (κ2) is 71.1. The minimum atomic E-state index is -4.96. The van der Waals surface area contributed by atoms with Gasteiger partial charge in [-0.2, -0.15) is 0 Å². The first-order chi connectivity index (χ1) is 47.0. The van der Waals surface area contributed by atoms with E-state index in [1.54, 1.807) is 0 Å². The fraction of sp³-hybridized carbons (Fsp3) is 0.949. The van der Waals surface area contributed by atoms with Crippen molar-refractivity contribution < 1.29 is 80.2 Å². The van der Waals surface area contributed by atoms with E-state index in [-0.39, 0.29) is 25.7 Å². The van der Waals surface area contributed by atoms with Crippen molar-refractivity contribution in [2.45, 2.75) is 432 Å². The van der Waals surface area contributed by atoms with Gasteiger partial charge in [0.1, 0.15) is 19.3 Å². The third-order valence-corrected chi connectivity index (χ3v) is 20.2. The Morgan fingerprint density at radius 3 is 0.701 bits per heavy atom. The highest BCUT2D eigenvalue weighted by Crippen LogP contribution is 2.45. The SMILES string of the molecule is CCCCCCCCCCCCCCCCCCCCCC(=O)O[C@H](COC(=O)CCCCCCCCCCCCCCCCC)COP(=O)(O)OC[C@@H](O)COP(=O)(O)OC[C@@H](COC(=O)CCCCCCCCCC(C)C)OC(=O)CCCCCCCCCCCCCCC. The molecule has 5 atom stereocenters. The molecule has 0 saturated carbocycles. The minimum Gasteiger partial charge on any atom is -0.462 e. The van der Waals surface area contributed by atoms with Crippen LogP contribution >= 0.6 is 15.6 Å². The summed E-state index contributed by atoms with van der Waals surface area (Å²) in [4.78, 5) is 72.9. The molecule has 0 aromatic rings. The number of carbonyl (C=O) groups excluding carboxylic acids is 4. The molecule has 0 rings (SSSR count). The van der Waals surface area contributed by atoms with E-state index >= 15 is 0 Å². The van der Waals surface area contributed by atoms with E-state index in [4.69, 9.17) is 37.0 Å². The molecule has 0 aromatic heterocycles. The molecule has 0 bridgehead atoms. The Labute approximate surface area is 594 Å². The first-order valence-electron chi connectivity index (χ1n) is 40.6. The van der Waals surface area contributed by atoms with Crippen LogP contribution in [0.25, 0.3) is 0 Å². The summed E-state index contributed by atoms with van der Waals surface area (Å²) in [6.07, 6.45) is 61.1. The molecule has 17 nitrogen and oxygen atoms in total. The number of rotatable bonds is 78. The summed E-state index contributed by atoms with van der Waals surface area (Å²) in [6, 6.07) is 0. The average molecular weight is 1420 g/mol. The van der Waals surface area contributed by atoms with Gasteiger partial charge in [-0.05, 0) is 31.6 Å². The molecule has 2 unspecified atom stereocenters. The Bertz CT molecular complexity index is 1860. The lowest BCUT2D eigenvalue weighted by Crippen LogP contribution is -2.30. The highest BCUT2D eigenvalue weighted by atomic mass is 31.2. The highest BCUT2D eigenvalue weighted by Gasteiger charge is 2.30. The monoisotopic (exact) mass is 1420 g/mol. The minimum absolute atomic E-state index is 0.107. The number of ether oxygens (including phenoxy) is 4. The summed E-state index contributed by atoms with van der Waals surface area (Å²) in [6.45, 7) is 7.26. The number of phosphoric acid groups is 2. The molecule has 3 N–H and O–H groups in total. The zero-order chi connectivity index (χ0) is 71.2. The number of aliphatic hydroxyl groups is 1. The van der Waals surface area contributed by atoms with E-state index in [2.05, 4.69) is 34.6 Å². The third-order valence-electron chi connectivity index (χ3n) is 18.3. The molecule has 0 saturated heterocycles. The second-order valence-corrected chi connectivity index (χ2v) is 31.5. The van der Waals surface area contributed by atoms with Gasteiger partial charge in [0.15, 0.2) is 12.2 Å². The van der Waals surface area contributed by atoms with E-state index in [1.807, 2.05) is 0 Å². The summed E-state index contributed by atoms with van der Waals surface area (Å²) in [5, 5.41) is 10.6. The Morgan fingerprint density at radius 1 is 0.278 bits per heavy atom. The number of phosphoric ester groups is 2. The summed E-state index contributed by atoms with van der Waals surface area (Å²) >= 11 is 0. The zero-order valence-corrected chi connectivity index (χ0v) is 65.0. The molecule has 0 aliphatic heterocycles. The largest absolute Gasteiger partial charge is 0.472 e. The van der Waals surface area contributed by atoms with Crippen molar-refractivity contribution in [3.05, 3.63) is 0 Å². The van der Waals surface area contributed by atoms with Crippen LogP contribution in [0.2, 0.25) is 0 Å². The molecule has 0 aliphatic carbocycles. The number of esters is 4. The van der Waals surface area contributed by atoms with Crippen molar-refractivity contribution in [1.82, 2.24) is 0 Å². The predicted octanol–water partition coefficient (Wildman–Crippen LogP) is 23.3. The van der Waals surface area contributed by atoms with E-state index < -0.39 is 97.5 Å². The van der Waals surface area contributed by atoms with Crippen molar-refractivity contribution >= 4 is 39.5 Å². The van der Waals surface area contributed by atoms with Crippen molar-refractivity contribution in [2.24, 2.45) is 5.92 Å². The number of aliphatic hydroxyl groups excluding tert-OH is 1. The molecule has 0 spiro atoms. The van der Waals surface area contributed by atoms with Crippen molar-refractivity contribution in [3.8, 4) is 0 Å². The molecule has 0 amide bonds. The van der Waals surface area contributed by atoms with Gasteiger partial charge in [0, 0.05) is 25.7 Å². The van der Waals surface area contributed by atoms with Gasteiger partial charge < -0.3 is 33.8 Å². The van der Waals surface area contributed by atoms with Crippen LogP contribution in [0.1, 0.15) is 413 Å². The summed E-state index contributed by atoms with van der Waals surface area (Å²) < 4.78 is 68.6. The van der Waals surface area contributed by atoms with Gasteiger partial charge in [0.25, 0.3) is 0 Å². The lowest BCUT2D eigenvalue weighted by Gasteiger charge is -2.21. The normalized spacial score (nSPS) is 13.9. The highest BCUT2D eigenvalue weighted by molar-refractivity contribution is 7.47. The van der Waals surface area contributed by atoms with Gasteiger partial charge >= 0.3 is 39.5 Å². The topological polar surface area (TPSA) is 237 Å². The van der Waals surface area contributed by atoms with Crippen molar-refractivity contribution in [3.63, 3.8) is 0 Å². The van der Waals surface area contributed by atoms with Crippen LogP contribution in [0, 0.1) is 5.92 Å². The van der Waals surface area contributed by atoms with Crippen LogP contribution in [-0.4, -0.2) is 96.7 Å². The Hall–Kier alpha value is -1.94. The van der Waals surface area contributed by atoms with Crippen molar-refractivity contribution in [2.75, 3.05) is 39.6 Å².